The Morgan fingerprint density at radius 2 is 1.89 bits per heavy atom. The molecule has 0 aliphatic heterocycles. The summed E-state index contributed by atoms with van der Waals surface area (Å²) >= 11 is 0. The van der Waals surface area contributed by atoms with Crippen LogP contribution in [0.1, 0.15) is 23.7 Å². The van der Waals surface area contributed by atoms with Crippen LogP contribution >= 0.6 is 10.7 Å². The van der Waals surface area contributed by atoms with Gasteiger partial charge in [0.15, 0.2) is 0 Å². The van der Waals surface area contributed by atoms with Crippen LogP contribution < -0.4 is 0 Å². The van der Waals surface area contributed by atoms with Crippen LogP contribution in [0.25, 0.3) is 0 Å². The lowest BCUT2D eigenvalue weighted by molar-refractivity contribution is 0.0764. The Hall–Kier alpha value is -1.07. The van der Waals surface area contributed by atoms with Crippen molar-refractivity contribution in [3.05, 3.63) is 35.9 Å². The van der Waals surface area contributed by atoms with Crippen molar-refractivity contribution in [2.45, 2.75) is 13.3 Å². The molecule has 0 N–H and O–H groups in total. The highest BCUT2D eigenvalue weighted by Gasteiger charge is 2.14. The second-order valence-electron chi connectivity index (χ2n) is 3.85. The van der Waals surface area contributed by atoms with Gasteiger partial charge in [-0.1, -0.05) is 18.2 Å². The first kappa shape index (κ1) is 15.0. The zero-order valence-electron chi connectivity index (χ0n) is 10.2. The molecule has 1 aromatic rings. The summed E-state index contributed by atoms with van der Waals surface area (Å²) in [5.41, 5.74) is 0.605. The summed E-state index contributed by atoms with van der Waals surface area (Å²) in [6.45, 7) is 2.78. The second kappa shape index (κ2) is 6.75. The van der Waals surface area contributed by atoms with Crippen molar-refractivity contribution in [2.24, 2.45) is 0 Å². The van der Waals surface area contributed by atoms with E-state index in [0.717, 1.165) is 0 Å². The fraction of sp³-hybridized carbons (Fsp3) is 0.417. The van der Waals surface area contributed by atoms with Crippen LogP contribution in [0.5, 0.6) is 0 Å². The molecule has 0 saturated heterocycles. The largest absolute Gasteiger partial charge is 0.339 e. The van der Waals surface area contributed by atoms with Crippen LogP contribution in [0.15, 0.2) is 30.3 Å². The van der Waals surface area contributed by atoms with Crippen molar-refractivity contribution < 1.29 is 13.2 Å². The van der Waals surface area contributed by atoms with Crippen LogP contribution in [0, 0.1) is 0 Å². The predicted molar refractivity (Wildman–Crippen MR) is 72.3 cm³/mol. The number of benzene rings is 1. The zero-order chi connectivity index (χ0) is 13.6. The third-order valence-electron chi connectivity index (χ3n) is 2.51. The maximum absolute atomic E-state index is 12.1. The van der Waals surface area contributed by atoms with Gasteiger partial charge in [0.25, 0.3) is 5.91 Å². The summed E-state index contributed by atoms with van der Waals surface area (Å²) < 4.78 is 21.6. The third-order valence-corrected chi connectivity index (χ3v) is 3.75. The molecule has 0 radical (unpaired) electrons. The summed E-state index contributed by atoms with van der Waals surface area (Å²) in [5, 5.41) is 0. The average molecular weight is 290 g/mol. The van der Waals surface area contributed by atoms with Gasteiger partial charge >= 0.3 is 0 Å². The summed E-state index contributed by atoms with van der Waals surface area (Å²) in [6, 6.07) is 8.91. The Balaban J connectivity index is 2.59. The van der Waals surface area contributed by atoms with Gasteiger partial charge in [0.05, 0.1) is 5.75 Å². The van der Waals surface area contributed by atoms with E-state index in [9.17, 15) is 13.2 Å². The summed E-state index contributed by atoms with van der Waals surface area (Å²) in [6.07, 6.45) is 0.345. The minimum Gasteiger partial charge on any atom is -0.339 e. The van der Waals surface area contributed by atoms with Gasteiger partial charge in [0.1, 0.15) is 0 Å². The molecule has 1 aromatic carbocycles. The van der Waals surface area contributed by atoms with Crippen LogP contribution in [0.2, 0.25) is 0 Å². The van der Waals surface area contributed by atoms with Crippen LogP contribution in [-0.4, -0.2) is 38.1 Å². The number of hydrogen-bond donors (Lipinski definition) is 0. The van der Waals surface area contributed by atoms with Gasteiger partial charge in [-0.05, 0) is 25.5 Å². The fourth-order valence-corrected chi connectivity index (χ4v) is 2.40. The van der Waals surface area contributed by atoms with E-state index >= 15 is 0 Å². The van der Waals surface area contributed by atoms with Gasteiger partial charge in [-0.15, -0.1) is 0 Å². The van der Waals surface area contributed by atoms with E-state index in [-0.39, 0.29) is 11.7 Å². The monoisotopic (exact) mass is 289 g/mol. The molecule has 0 aliphatic carbocycles. The normalized spacial score (nSPS) is 11.2. The standard InChI is InChI=1S/C12H16ClNO3S/c1-2-14(9-6-10-18(13,16)17)12(15)11-7-4-3-5-8-11/h3-5,7-8H,2,6,9-10H2,1H3. The number of rotatable bonds is 6. The molecule has 0 unspecified atom stereocenters. The Morgan fingerprint density at radius 3 is 2.39 bits per heavy atom. The van der Waals surface area contributed by atoms with E-state index in [1.165, 1.54) is 0 Å². The molecular weight excluding hydrogens is 274 g/mol. The maximum Gasteiger partial charge on any atom is 0.253 e. The Labute approximate surface area is 112 Å². The molecule has 0 saturated carbocycles. The van der Waals surface area contributed by atoms with Gasteiger partial charge < -0.3 is 4.90 Å². The van der Waals surface area contributed by atoms with Gasteiger partial charge in [-0.3, -0.25) is 4.79 Å². The number of carbonyl (C=O) groups excluding carboxylic acids is 1. The molecule has 0 aromatic heterocycles. The maximum atomic E-state index is 12.1. The van der Waals surface area contributed by atoms with E-state index in [0.29, 0.717) is 25.1 Å². The molecular formula is C12H16ClNO3S. The molecule has 6 heteroatoms. The Bertz CT molecular complexity index is 487. The minimum atomic E-state index is -3.48. The Kier molecular flexibility index (Phi) is 5.62. The Morgan fingerprint density at radius 1 is 1.28 bits per heavy atom. The first-order valence-corrected chi connectivity index (χ1v) is 8.18. The lowest BCUT2D eigenvalue weighted by Gasteiger charge is -2.20. The summed E-state index contributed by atoms with van der Waals surface area (Å²) in [7, 11) is 1.64. The number of hydrogen-bond acceptors (Lipinski definition) is 3. The van der Waals surface area contributed by atoms with Crippen molar-refractivity contribution >= 4 is 25.6 Å². The first-order chi connectivity index (χ1) is 8.44. The van der Waals surface area contributed by atoms with Crippen LogP contribution in [-0.2, 0) is 9.05 Å². The first-order valence-electron chi connectivity index (χ1n) is 5.70. The molecule has 0 fully saturated rings. The average Bonchev–Trinajstić information content (AvgIpc) is 2.34. The molecule has 18 heavy (non-hydrogen) atoms. The number of amides is 1. The topological polar surface area (TPSA) is 54.5 Å². The molecule has 0 atom stereocenters. The molecule has 100 valence electrons. The smallest absolute Gasteiger partial charge is 0.253 e. The highest BCUT2D eigenvalue weighted by Crippen LogP contribution is 2.06. The highest BCUT2D eigenvalue weighted by molar-refractivity contribution is 8.13. The number of nitrogens with zero attached hydrogens (tertiary/aromatic N) is 1. The molecule has 0 heterocycles. The van der Waals surface area contributed by atoms with Gasteiger partial charge in [0.2, 0.25) is 9.05 Å². The van der Waals surface area contributed by atoms with Crippen molar-refractivity contribution in [1.82, 2.24) is 4.90 Å². The van der Waals surface area contributed by atoms with E-state index in [1.807, 2.05) is 13.0 Å². The van der Waals surface area contributed by atoms with E-state index in [1.54, 1.807) is 29.2 Å². The zero-order valence-corrected chi connectivity index (χ0v) is 11.7. The fourth-order valence-electron chi connectivity index (χ4n) is 1.59. The summed E-state index contributed by atoms with van der Waals surface area (Å²) in [4.78, 5) is 13.7. The van der Waals surface area contributed by atoms with E-state index < -0.39 is 9.05 Å². The molecule has 1 amide bonds. The lowest BCUT2D eigenvalue weighted by Crippen LogP contribution is -2.32. The molecule has 1 rings (SSSR count). The summed E-state index contributed by atoms with van der Waals surface area (Å²) in [5.74, 6) is -0.210. The third kappa shape index (κ3) is 5.06. The molecule has 0 aliphatic rings. The van der Waals surface area contributed by atoms with E-state index in [2.05, 4.69) is 0 Å². The van der Waals surface area contributed by atoms with Crippen molar-refractivity contribution in [2.75, 3.05) is 18.8 Å². The highest BCUT2D eigenvalue weighted by atomic mass is 35.7. The van der Waals surface area contributed by atoms with Crippen molar-refractivity contribution in [3.63, 3.8) is 0 Å². The van der Waals surface area contributed by atoms with Gasteiger partial charge in [-0.2, -0.15) is 0 Å². The molecule has 0 spiro atoms. The lowest BCUT2D eigenvalue weighted by atomic mass is 10.2. The van der Waals surface area contributed by atoms with Crippen LogP contribution in [0.3, 0.4) is 0 Å². The van der Waals surface area contributed by atoms with E-state index in [4.69, 9.17) is 10.7 Å². The van der Waals surface area contributed by atoms with Gasteiger partial charge in [-0.25, -0.2) is 8.42 Å². The number of carbonyl (C=O) groups is 1. The SMILES string of the molecule is CCN(CCCS(=O)(=O)Cl)C(=O)c1ccccc1. The van der Waals surface area contributed by atoms with Crippen molar-refractivity contribution in [3.8, 4) is 0 Å². The number of halogens is 1. The second-order valence-corrected chi connectivity index (χ2v) is 6.74. The molecule has 4 nitrogen and oxygen atoms in total. The predicted octanol–water partition coefficient (Wildman–Crippen LogP) is 2.11. The van der Waals surface area contributed by atoms with Gasteiger partial charge in [0, 0.05) is 29.3 Å². The van der Waals surface area contributed by atoms with Crippen LogP contribution in [0.4, 0.5) is 0 Å². The minimum absolute atomic E-state index is 0.0925. The molecule has 0 bridgehead atoms. The quantitative estimate of drug-likeness (QED) is 0.754. The van der Waals surface area contributed by atoms with Crippen molar-refractivity contribution in [1.29, 1.82) is 0 Å².